The number of benzene rings is 1. The van der Waals surface area contributed by atoms with Gasteiger partial charge in [-0.05, 0) is 30.7 Å². The van der Waals surface area contributed by atoms with E-state index in [1.807, 2.05) is 12.1 Å². The van der Waals surface area contributed by atoms with Gasteiger partial charge in [-0.25, -0.2) is 0 Å². The van der Waals surface area contributed by atoms with E-state index < -0.39 is 5.76 Å². The summed E-state index contributed by atoms with van der Waals surface area (Å²) in [5.41, 5.74) is 6.87. The van der Waals surface area contributed by atoms with Gasteiger partial charge in [0.05, 0.1) is 0 Å². The lowest BCUT2D eigenvalue weighted by Gasteiger charge is -2.18. The first-order chi connectivity index (χ1) is 7.65. The van der Waals surface area contributed by atoms with Gasteiger partial charge in [-0.3, -0.25) is 0 Å². The highest BCUT2D eigenvalue weighted by Crippen LogP contribution is 2.28. The minimum Gasteiger partial charge on any atom is -0.370 e. The predicted molar refractivity (Wildman–Crippen MR) is 63.1 cm³/mol. The normalized spacial score (nSPS) is 20.8. The van der Waals surface area contributed by atoms with E-state index in [0.717, 1.165) is 25.2 Å². The number of anilines is 1. The quantitative estimate of drug-likeness (QED) is 0.828. The molecule has 0 aromatic heterocycles. The fourth-order valence-corrected chi connectivity index (χ4v) is 2.36. The minimum absolute atomic E-state index is 0.232. The van der Waals surface area contributed by atoms with Crippen LogP contribution in [-0.2, 0) is 0 Å². The summed E-state index contributed by atoms with van der Waals surface area (Å²) in [6, 6.07) is 7.45. The SMILES string of the molecule is NC1CCN(c2ccc(SC(F)F)cc2)C1. The van der Waals surface area contributed by atoms with E-state index in [9.17, 15) is 8.78 Å². The topological polar surface area (TPSA) is 29.3 Å². The molecule has 0 aliphatic carbocycles. The zero-order valence-electron chi connectivity index (χ0n) is 8.77. The van der Waals surface area contributed by atoms with Crippen molar-refractivity contribution in [3.05, 3.63) is 24.3 Å². The van der Waals surface area contributed by atoms with Gasteiger partial charge in [0.25, 0.3) is 5.76 Å². The van der Waals surface area contributed by atoms with Crippen LogP contribution in [0.5, 0.6) is 0 Å². The summed E-state index contributed by atoms with van der Waals surface area (Å²) in [5, 5.41) is 0. The number of nitrogens with zero attached hydrogens (tertiary/aromatic N) is 1. The fraction of sp³-hybridized carbons (Fsp3) is 0.455. The van der Waals surface area contributed by atoms with Crippen molar-refractivity contribution in [1.82, 2.24) is 0 Å². The molecular formula is C11H14F2N2S. The van der Waals surface area contributed by atoms with Crippen LogP contribution in [0.3, 0.4) is 0 Å². The molecule has 0 radical (unpaired) electrons. The standard InChI is InChI=1S/C11H14F2N2S/c12-11(13)16-10-3-1-9(2-4-10)15-6-5-8(14)7-15/h1-4,8,11H,5-7,14H2. The second-order valence-corrected chi connectivity index (χ2v) is 4.93. The third-order valence-electron chi connectivity index (χ3n) is 2.65. The summed E-state index contributed by atoms with van der Waals surface area (Å²) in [6.45, 7) is 1.80. The van der Waals surface area contributed by atoms with Crippen LogP contribution < -0.4 is 10.6 Å². The van der Waals surface area contributed by atoms with Crippen LogP contribution >= 0.6 is 11.8 Å². The number of rotatable bonds is 3. The average Bonchev–Trinajstić information content (AvgIpc) is 2.65. The highest BCUT2D eigenvalue weighted by Gasteiger charge is 2.19. The minimum atomic E-state index is -2.36. The Bertz CT molecular complexity index is 342. The summed E-state index contributed by atoms with van der Waals surface area (Å²) >= 11 is 0.574. The molecule has 1 aromatic rings. The van der Waals surface area contributed by atoms with Crippen LogP contribution in [0.2, 0.25) is 0 Å². The summed E-state index contributed by atoms with van der Waals surface area (Å²) in [5.74, 6) is -2.36. The van der Waals surface area contributed by atoms with Crippen molar-refractivity contribution in [1.29, 1.82) is 0 Å². The lowest BCUT2D eigenvalue weighted by atomic mass is 10.3. The molecule has 1 aliphatic heterocycles. The van der Waals surface area contributed by atoms with Crippen molar-refractivity contribution < 1.29 is 8.78 Å². The first-order valence-electron chi connectivity index (χ1n) is 5.20. The molecule has 1 aromatic carbocycles. The van der Waals surface area contributed by atoms with E-state index >= 15 is 0 Å². The van der Waals surface area contributed by atoms with Gasteiger partial charge in [0.1, 0.15) is 0 Å². The number of hydrogen-bond donors (Lipinski definition) is 1. The average molecular weight is 244 g/mol. The Balaban J connectivity index is 2.02. The van der Waals surface area contributed by atoms with E-state index in [1.54, 1.807) is 12.1 Å². The van der Waals surface area contributed by atoms with Crippen molar-refractivity contribution in [2.75, 3.05) is 18.0 Å². The molecule has 1 saturated heterocycles. The molecule has 1 unspecified atom stereocenters. The van der Waals surface area contributed by atoms with Gasteiger partial charge in [0, 0.05) is 29.7 Å². The van der Waals surface area contributed by atoms with Gasteiger partial charge < -0.3 is 10.6 Å². The summed E-state index contributed by atoms with van der Waals surface area (Å²) in [6.07, 6.45) is 0.994. The molecule has 1 fully saturated rings. The molecule has 1 atom stereocenters. The van der Waals surface area contributed by atoms with Gasteiger partial charge in [-0.1, -0.05) is 11.8 Å². The van der Waals surface area contributed by atoms with Gasteiger partial charge in [0.15, 0.2) is 0 Å². The lowest BCUT2D eigenvalue weighted by Crippen LogP contribution is -2.26. The molecule has 0 amide bonds. The van der Waals surface area contributed by atoms with Gasteiger partial charge >= 0.3 is 0 Å². The molecule has 88 valence electrons. The van der Waals surface area contributed by atoms with Gasteiger partial charge in [-0.15, -0.1) is 0 Å². The molecule has 0 bridgehead atoms. The molecular weight excluding hydrogens is 230 g/mol. The van der Waals surface area contributed by atoms with E-state index in [-0.39, 0.29) is 6.04 Å². The molecule has 0 spiro atoms. The van der Waals surface area contributed by atoms with Crippen molar-refractivity contribution in [3.8, 4) is 0 Å². The summed E-state index contributed by atoms with van der Waals surface area (Å²) in [7, 11) is 0. The first-order valence-corrected chi connectivity index (χ1v) is 6.08. The van der Waals surface area contributed by atoms with Crippen molar-refractivity contribution >= 4 is 17.4 Å². The Morgan fingerprint density at radius 2 is 2.00 bits per heavy atom. The van der Waals surface area contributed by atoms with E-state index in [4.69, 9.17) is 5.73 Å². The molecule has 1 aliphatic rings. The molecule has 2 nitrogen and oxygen atoms in total. The Kier molecular flexibility index (Phi) is 3.66. The molecule has 2 N–H and O–H groups in total. The second kappa shape index (κ2) is 5.01. The molecule has 1 heterocycles. The zero-order valence-corrected chi connectivity index (χ0v) is 9.59. The van der Waals surface area contributed by atoms with Gasteiger partial charge in [-0.2, -0.15) is 8.78 Å². The highest BCUT2D eigenvalue weighted by molar-refractivity contribution is 7.99. The van der Waals surface area contributed by atoms with Crippen molar-refractivity contribution in [2.24, 2.45) is 5.73 Å². The molecule has 16 heavy (non-hydrogen) atoms. The maximum Gasteiger partial charge on any atom is 0.288 e. The maximum atomic E-state index is 12.1. The number of halogens is 2. The summed E-state index contributed by atoms with van der Waals surface area (Å²) in [4.78, 5) is 2.78. The first kappa shape index (κ1) is 11.7. The Morgan fingerprint density at radius 1 is 1.31 bits per heavy atom. The van der Waals surface area contributed by atoms with E-state index in [1.165, 1.54) is 0 Å². The molecule has 2 rings (SSSR count). The number of nitrogens with two attached hydrogens (primary N) is 1. The molecule has 5 heteroatoms. The largest absolute Gasteiger partial charge is 0.370 e. The van der Waals surface area contributed by atoms with E-state index in [0.29, 0.717) is 16.7 Å². The second-order valence-electron chi connectivity index (χ2n) is 3.87. The Morgan fingerprint density at radius 3 is 2.50 bits per heavy atom. The van der Waals surface area contributed by atoms with Crippen LogP contribution in [0.1, 0.15) is 6.42 Å². The van der Waals surface area contributed by atoms with Crippen LogP contribution in [0.25, 0.3) is 0 Å². The van der Waals surface area contributed by atoms with Crippen LogP contribution in [0.4, 0.5) is 14.5 Å². The van der Waals surface area contributed by atoms with E-state index in [2.05, 4.69) is 4.90 Å². The van der Waals surface area contributed by atoms with Gasteiger partial charge in [0.2, 0.25) is 0 Å². The Labute approximate surface area is 97.8 Å². The summed E-state index contributed by atoms with van der Waals surface area (Å²) < 4.78 is 24.2. The highest BCUT2D eigenvalue weighted by atomic mass is 32.2. The molecule has 0 saturated carbocycles. The van der Waals surface area contributed by atoms with Crippen LogP contribution in [0.15, 0.2) is 29.2 Å². The number of hydrogen-bond acceptors (Lipinski definition) is 3. The predicted octanol–water partition coefficient (Wildman–Crippen LogP) is 2.54. The smallest absolute Gasteiger partial charge is 0.288 e. The van der Waals surface area contributed by atoms with Crippen molar-refractivity contribution in [3.63, 3.8) is 0 Å². The zero-order chi connectivity index (χ0) is 11.5. The van der Waals surface area contributed by atoms with Crippen molar-refractivity contribution in [2.45, 2.75) is 23.1 Å². The Hall–Kier alpha value is -0.810. The maximum absolute atomic E-state index is 12.1. The van der Waals surface area contributed by atoms with Crippen LogP contribution in [-0.4, -0.2) is 24.9 Å². The number of thioether (sulfide) groups is 1. The fourth-order valence-electron chi connectivity index (χ4n) is 1.86. The third kappa shape index (κ3) is 2.86. The number of alkyl halides is 2. The monoisotopic (exact) mass is 244 g/mol. The lowest BCUT2D eigenvalue weighted by molar-refractivity contribution is 0.252. The van der Waals surface area contributed by atoms with Crippen LogP contribution in [0, 0.1) is 0 Å². The third-order valence-corrected chi connectivity index (χ3v) is 3.37.